The minimum atomic E-state index is 0.568. The Bertz CT molecular complexity index is 2340. The van der Waals surface area contributed by atoms with Crippen LogP contribution in [0.4, 0.5) is 0 Å². The second-order valence-electron chi connectivity index (χ2n) is 10.4. The fourth-order valence-corrected chi connectivity index (χ4v) is 6.27. The molecule has 0 aliphatic heterocycles. The molecule has 0 aliphatic rings. The van der Waals surface area contributed by atoms with Gasteiger partial charge in [0.05, 0.1) is 17.2 Å². The van der Waals surface area contributed by atoms with Crippen LogP contribution in [-0.2, 0) is 0 Å². The third kappa shape index (κ3) is 3.23. The van der Waals surface area contributed by atoms with Crippen LogP contribution in [0.15, 0.2) is 128 Å². The highest BCUT2D eigenvalue weighted by Crippen LogP contribution is 2.42. The minimum Gasteiger partial charge on any atom is -0.276 e. The second kappa shape index (κ2) is 8.41. The molecule has 5 nitrogen and oxygen atoms in total. The lowest BCUT2D eigenvalue weighted by molar-refractivity contribution is 0.952. The van der Waals surface area contributed by atoms with Crippen molar-refractivity contribution in [1.82, 2.24) is 24.5 Å². The molecule has 0 saturated carbocycles. The smallest absolute Gasteiger partial charge is 0.238 e. The molecule has 5 heteroatoms. The fourth-order valence-electron chi connectivity index (χ4n) is 6.27. The molecule has 9 rings (SSSR count). The molecular formula is C36H21N5. The van der Waals surface area contributed by atoms with Gasteiger partial charge >= 0.3 is 0 Å². The Morgan fingerprint density at radius 3 is 1.83 bits per heavy atom. The van der Waals surface area contributed by atoms with E-state index in [4.69, 9.17) is 15.0 Å². The van der Waals surface area contributed by atoms with E-state index in [-0.39, 0.29) is 0 Å². The first-order chi connectivity index (χ1) is 20.3. The van der Waals surface area contributed by atoms with Crippen LogP contribution in [0.25, 0.3) is 82.8 Å². The largest absolute Gasteiger partial charge is 0.276 e. The van der Waals surface area contributed by atoms with Gasteiger partial charge < -0.3 is 0 Å². The first-order valence-electron chi connectivity index (χ1n) is 13.7. The summed E-state index contributed by atoms with van der Waals surface area (Å²) in [6.45, 7) is 0. The molecule has 0 spiro atoms. The number of nitrogens with zero attached hydrogens (tertiary/aromatic N) is 5. The molecule has 0 radical (unpaired) electrons. The van der Waals surface area contributed by atoms with Gasteiger partial charge in [-0.1, -0.05) is 103 Å². The van der Waals surface area contributed by atoms with Crippen molar-refractivity contribution >= 4 is 54.1 Å². The van der Waals surface area contributed by atoms with Crippen molar-refractivity contribution in [2.45, 2.75) is 0 Å². The first-order valence-corrected chi connectivity index (χ1v) is 13.7. The Morgan fingerprint density at radius 2 is 1.12 bits per heavy atom. The molecule has 190 valence electrons. The molecule has 0 saturated heterocycles. The summed E-state index contributed by atoms with van der Waals surface area (Å²) in [7, 11) is 0. The van der Waals surface area contributed by atoms with Crippen molar-refractivity contribution in [3.05, 3.63) is 128 Å². The lowest BCUT2D eigenvalue weighted by Gasteiger charge is -2.13. The van der Waals surface area contributed by atoms with Gasteiger partial charge in [-0.25, -0.2) is 4.98 Å². The first kappa shape index (κ1) is 22.2. The van der Waals surface area contributed by atoms with E-state index < -0.39 is 0 Å². The molecule has 3 heterocycles. The molecule has 0 aliphatic carbocycles. The number of aromatic nitrogens is 5. The van der Waals surface area contributed by atoms with Gasteiger partial charge in [-0.3, -0.25) is 9.55 Å². The normalized spacial score (nSPS) is 11.9. The summed E-state index contributed by atoms with van der Waals surface area (Å²) in [5.74, 6) is 1.83. The van der Waals surface area contributed by atoms with Crippen molar-refractivity contribution in [2.24, 2.45) is 0 Å². The zero-order valence-corrected chi connectivity index (χ0v) is 21.9. The van der Waals surface area contributed by atoms with Crippen LogP contribution in [0.5, 0.6) is 0 Å². The lowest BCUT2D eigenvalue weighted by Crippen LogP contribution is -2.06. The predicted molar refractivity (Wildman–Crippen MR) is 167 cm³/mol. The van der Waals surface area contributed by atoms with Gasteiger partial charge in [-0.2, -0.15) is 9.97 Å². The van der Waals surface area contributed by atoms with Gasteiger partial charge in [0.1, 0.15) is 0 Å². The van der Waals surface area contributed by atoms with Crippen LogP contribution in [0.3, 0.4) is 0 Å². The summed E-state index contributed by atoms with van der Waals surface area (Å²) in [4.78, 5) is 19.6. The average molecular weight is 524 g/mol. The van der Waals surface area contributed by atoms with E-state index in [1.54, 1.807) is 0 Å². The van der Waals surface area contributed by atoms with Gasteiger partial charge in [0, 0.05) is 28.1 Å². The van der Waals surface area contributed by atoms with Crippen molar-refractivity contribution < 1.29 is 0 Å². The third-order valence-corrected chi connectivity index (χ3v) is 8.07. The fraction of sp³-hybridized carbons (Fsp3) is 0. The van der Waals surface area contributed by atoms with Crippen molar-refractivity contribution in [1.29, 1.82) is 0 Å². The molecule has 41 heavy (non-hydrogen) atoms. The summed E-state index contributed by atoms with van der Waals surface area (Å²) in [5, 5.41) is 9.80. The third-order valence-electron chi connectivity index (χ3n) is 8.07. The summed E-state index contributed by atoms with van der Waals surface area (Å²) in [6, 6.07) is 40.0. The Balaban J connectivity index is 1.44. The molecule has 0 fully saturated rings. The summed E-state index contributed by atoms with van der Waals surface area (Å²) >= 11 is 0. The Kier molecular flexibility index (Phi) is 4.55. The van der Waals surface area contributed by atoms with Crippen molar-refractivity contribution in [2.75, 3.05) is 0 Å². The summed E-state index contributed by atoms with van der Waals surface area (Å²) in [6.07, 6.45) is 3.78. The SMILES string of the molecule is c1ccc(-c2nc(-c3ccccc3)nc(-n3c4cnccc4c4c5ccc6cccc7ccc(cc43)c5c76)n2)cc1. The zero-order chi connectivity index (χ0) is 26.9. The van der Waals surface area contributed by atoms with E-state index in [1.165, 1.54) is 37.7 Å². The molecule has 0 atom stereocenters. The van der Waals surface area contributed by atoms with Crippen LogP contribution in [0, 0.1) is 0 Å². The quantitative estimate of drug-likeness (QED) is 0.218. The lowest BCUT2D eigenvalue weighted by atomic mass is 9.92. The van der Waals surface area contributed by atoms with Crippen LogP contribution in [0.2, 0.25) is 0 Å². The molecular weight excluding hydrogens is 502 g/mol. The van der Waals surface area contributed by atoms with Gasteiger partial charge in [0.25, 0.3) is 0 Å². The monoisotopic (exact) mass is 523 g/mol. The Morgan fingerprint density at radius 1 is 0.463 bits per heavy atom. The van der Waals surface area contributed by atoms with Gasteiger partial charge in [0.2, 0.25) is 5.95 Å². The number of pyridine rings is 1. The van der Waals surface area contributed by atoms with Crippen molar-refractivity contribution in [3.8, 4) is 28.7 Å². The molecule has 6 aromatic carbocycles. The molecule has 3 aromatic heterocycles. The predicted octanol–water partition coefficient (Wildman–Crippen LogP) is 8.60. The van der Waals surface area contributed by atoms with E-state index in [0.717, 1.165) is 27.5 Å². The maximum atomic E-state index is 5.06. The van der Waals surface area contributed by atoms with E-state index in [1.807, 2.05) is 73.1 Å². The number of rotatable bonds is 3. The highest BCUT2D eigenvalue weighted by molar-refractivity contribution is 6.32. The van der Waals surface area contributed by atoms with E-state index in [2.05, 4.69) is 64.1 Å². The molecule has 0 unspecified atom stereocenters. The number of hydrogen-bond acceptors (Lipinski definition) is 4. The number of hydrogen-bond donors (Lipinski definition) is 0. The number of fused-ring (bicyclic) bond motifs is 4. The molecule has 0 bridgehead atoms. The maximum Gasteiger partial charge on any atom is 0.238 e. The Labute approximate surface area is 234 Å². The summed E-state index contributed by atoms with van der Waals surface area (Å²) in [5.41, 5.74) is 3.88. The standard InChI is InChI=1S/C36H21N5/c1-3-8-24(9-4-1)34-38-35(25-10-5-2-6-11-25)40-36(39-34)41-29-20-26-15-14-22-12-7-13-23-16-17-28(32(26)31(22)23)33(29)27-18-19-37-21-30(27)41/h1-21H. The highest BCUT2D eigenvalue weighted by atomic mass is 15.2. The Hall–Kier alpha value is -5.68. The highest BCUT2D eigenvalue weighted by Gasteiger charge is 2.21. The van der Waals surface area contributed by atoms with Crippen LogP contribution < -0.4 is 0 Å². The van der Waals surface area contributed by atoms with Gasteiger partial charge in [0.15, 0.2) is 11.6 Å². The molecule has 0 amide bonds. The summed E-state index contributed by atoms with van der Waals surface area (Å²) < 4.78 is 2.15. The van der Waals surface area contributed by atoms with Crippen LogP contribution >= 0.6 is 0 Å². The van der Waals surface area contributed by atoms with E-state index in [0.29, 0.717) is 17.6 Å². The number of benzene rings is 6. The topological polar surface area (TPSA) is 56.5 Å². The average Bonchev–Trinajstić information content (AvgIpc) is 3.38. The van der Waals surface area contributed by atoms with E-state index in [9.17, 15) is 0 Å². The molecule has 9 aromatic rings. The van der Waals surface area contributed by atoms with Gasteiger partial charge in [-0.15, -0.1) is 0 Å². The zero-order valence-electron chi connectivity index (χ0n) is 21.9. The van der Waals surface area contributed by atoms with Crippen LogP contribution in [0.1, 0.15) is 0 Å². The second-order valence-corrected chi connectivity index (χ2v) is 10.4. The minimum absolute atomic E-state index is 0.568. The van der Waals surface area contributed by atoms with Crippen molar-refractivity contribution in [3.63, 3.8) is 0 Å². The molecule has 0 N–H and O–H groups in total. The van der Waals surface area contributed by atoms with Gasteiger partial charge in [-0.05, 0) is 44.5 Å². The van der Waals surface area contributed by atoms with E-state index >= 15 is 0 Å². The maximum absolute atomic E-state index is 5.06. The van der Waals surface area contributed by atoms with Crippen LogP contribution in [-0.4, -0.2) is 24.5 Å².